The molecule has 2 aromatic rings. The molecule has 0 unspecified atom stereocenters. The third kappa shape index (κ3) is 3.55. The topological polar surface area (TPSA) is 40.5 Å². The van der Waals surface area contributed by atoms with Gasteiger partial charge in [-0.05, 0) is 35.4 Å². The van der Waals surface area contributed by atoms with Crippen LogP contribution < -0.4 is 0 Å². The fraction of sp³-hybridized carbons (Fsp3) is 0.286. The summed E-state index contributed by atoms with van der Waals surface area (Å²) in [6, 6.07) is 11.6. The molecule has 0 aliphatic heterocycles. The van der Waals surface area contributed by atoms with Crippen LogP contribution in [0.25, 0.3) is 10.8 Å². The molecule has 0 atom stereocenters. The number of benzene rings is 2. The van der Waals surface area contributed by atoms with Crippen molar-refractivity contribution in [3.8, 4) is 5.75 Å². The van der Waals surface area contributed by atoms with Gasteiger partial charge < -0.3 is 10.2 Å². The van der Waals surface area contributed by atoms with Crippen LogP contribution in [-0.4, -0.2) is 17.3 Å². The van der Waals surface area contributed by atoms with E-state index in [2.05, 4.69) is 6.07 Å². The van der Waals surface area contributed by atoms with Crippen molar-refractivity contribution in [2.45, 2.75) is 20.8 Å². The number of aliphatic hydroxyl groups is 1. The number of aryl methyl sites for hydroxylation is 1. The smallest absolute Gasteiger partial charge is 0.116 e. The SMILES string of the molecule is CC.CO.Cc1cc(O)cc2ccccc12. The molecule has 0 radical (unpaired) electrons. The van der Waals surface area contributed by atoms with Crippen molar-refractivity contribution in [1.82, 2.24) is 0 Å². The molecule has 0 saturated carbocycles. The Balaban J connectivity index is 0.000000509. The van der Waals surface area contributed by atoms with Crippen LogP contribution in [0, 0.1) is 6.92 Å². The molecule has 0 heterocycles. The van der Waals surface area contributed by atoms with Gasteiger partial charge in [0.05, 0.1) is 0 Å². The first-order valence-electron chi connectivity index (χ1n) is 5.40. The Morgan fingerprint density at radius 2 is 1.50 bits per heavy atom. The van der Waals surface area contributed by atoms with Crippen molar-refractivity contribution in [3.63, 3.8) is 0 Å². The van der Waals surface area contributed by atoms with E-state index in [9.17, 15) is 5.11 Å². The maximum atomic E-state index is 9.31. The highest BCUT2D eigenvalue weighted by atomic mass is 16.3. The summed E-state index contributed by atoms with van der Waals surface area (Å²) in [5.41, 5.74) is 1.12. The molecular weight excluding hydrogens is 200 g/mol. The second-order valence-electron chi connectivity index (χ2n) is 2.98. The lowest BCUT2D eigenvalue weighted by atomic mass is 10.1. The van der Waals surface area contributed by atoms with Crippen molar-refractivity contribution in [1.29, 1.82) is 0 Å². The Labute approximate surface area is 97.2 Å². The van der Waals surface area contributed by atoms with Crippen LogP contribution in [0.4, 0.5) is 0 Å². The summed E-state index contributed by atoms with van der Waals surface area (Å²) in [5, 5.41) is 18.6. The van der Waals surface area contributed by atoms with Crippen molar-refractivity contribution in [3.05, 3.63) is 42.0 Å². The van der Waals surface area contributed by atoms with Gasteiger partial charge in [-0.15, -0.1) is 0 Å². The number of phenols is 1. The minimum Gasteiger partial charge on any atom is -0.508 e. The fourth-order valence-corrected chi connectivity index (χ4v) is 1.48. The average molecular weight is 220 g/mol. The van der Waals surface area contributed by atoms with Gasteiger partial charge in [-0.25, -0.2) is 0 Å². The molecule has 2 N–H and O–H groups in total. The molecule has 2 aromatic carbocycles. The fourth-order valence-electron chi connectivity index (χ4n) is 1.48. The van der Waals surface area contributed by atoms with E-state index in [1.807, 2.05) is 39.0 Å². The highest BCUT2D eigenvalue weighted by Crippen LogP contribution is 2.23. The van der Waals surface area contributed by atoms with Gasteiger partial charge >= 0.3 is 0 Å². The van der Waals surface area contributed by atoms with Gasteiger partial charge in [0.15, 0.2) is 0 Å². The third-order valence-corrected chi connectivity index (χ3v) is 2.05. The summed E-state index contributed by atoms with van der Waals surface area (Å²) in [6.07, 6.45) is 0. The van der Waals surface area contributed by atoms with E-state index in [1.54, 1.807) is 12.1 Å². The predicted octanol–water partition coefficient (Wildman–Crippen LogP) is 3.49. The largest absolute Gasteiger partial charge is 0.508 e. The first-order valence-corrected chi connectivity index (χ1v) is 5.40. The van der Waals surface area contributed by atoms with Gasteiger partial charge in [0.2, 0.25) is 0 Å². The lowest BCUT2D eigenvalue weighted by Crippen LogP contribution is -1.77. The number of fused-ring (bicyclic) bond motifs is 1. The van der Waals surface area contributed by atoms with Gasteiger partial charge in [0.1, 0.15) is 5.75 Å². The summed E-state index contributed by atoms with van der Waals surface area (Å²) in [4.78, 5) is 0. The quantitative estimate of drug-likeness (QED) is 0.713. The lowest BCUT2D eigenvalue weighted by Gasteiger charge is -2.01. The molecule has 0 fully saturated rings. The maximum absolute atomic E-state index is 9.31. The van der Waals surface area contributed by atoms with Gasteiger partial charge in [-0.3, -0.25) is 0 Å². The summed E-state index contributed by atoms with van der Waals surface area (Å²) in [7, 11) is 1.00. The molecule has 0 aromatic heterocycles. The maximum Gasteiger partial charge on any atom is 0.116 e. The van der Waals surface area contributed by atoms with Crippen molar-refractivity contribution in [2.75, 3.05) is 7.11 Å². The standard InChI is InChI=1S/C11H10O.C2H6.CH4O/c1-8-6-10(12)7-9-4-2-3-5-11(8)9;2*1-2/h2-7,12H,1H3;1-2H3;2H,1H3. The molecule has 2 nitrogen and oxygen atoms in total. The van der Waals surface area contributed by atoms with Crippen LogP contribution in [0.5, 0.6) is 5.75 Å². The number of aromatic hydroxyl groups is 1. The van der Waals surface area contributed by atoms with Crippen LogP contribution in [-0.2, 0) is 0 Å². The zero-order chi connectivity index (χ0) is 12.6. The Kier molecular flexibility index (Phi) is 6.97. The first-order chi connectivity index (χ1) is 7.77. The number of hydrogen-bond donors (Lipinski definition) is 2. The molecular formula is C14H20O2. The van der Waals surface area contributed by atoms with E-state index in [0.29, 0.717) is 5.75 Å². The summed E-state index contributed by atoms with van der Waals surface area (Å²) in [5.74, 6) is 0.339. The van der Waals surface area contributed by atoms with E-state index in [0.717, 1.165) is 18.1 Å². The minimum atomic E-state index is 0.339. The molecule has 0 saturated heterocycles. The van der Waals surface area contributed by atoms with E-state index >= 15 is 0 Å². The molecule has 2 rings (SSSR count). The first kappa shape index (κ1) is 14.5. The molecule has 0 amide bonds. The zero-order valence-electron chi connectivity index (χ0n) is 10.4. The van der Waals surface area contributed by atoms with Crippen LogP contribution in [0.1, 0.15) is 19.4 Å². The minimum absolute atomic E-state index is 0.339. The Morgan fingerprint density at radius 3 is 2.12 bits per heavy atom. The number of phenolic OH excluding ortho intramolecular Hbond substituents is 1. The summed E-state index contributed by atoms with van der Waals surface area (Å²) in [6.45, 7) is 6.00. The number of rotatable bonds is 0. The normalized spacial score (nSPS) is 8.56. The molecule has 0 aliphatic carbocycles. The second-order valence-corrected chi connectivity index (χ2v) is 2.98. The zero-order valence-corrected chi connectivity index (χ0v) is 10.4. The lowest BCUT2D eigenvalue weighted by molar-refractivity contribution is 0.399. The van der Waals surface area contributed by atoms with E-state index in [4.69, 9.17) is 5.11 Å². The molecule has 0 aliphatic rings. The van der Waals surface area contributed by atoms with Crippen molar-refractivity contribution in [2.24, 2.45) is 0 Å². The van der Waals surface area contributed by atoms with Crippen molar-refractivity contribution >= 4 is 10.8 Å². The van der Waals surface area contributed by atoms with E-state index in [-0.39, 0.29) is 0 Å². The van der Waals surface area contributed by atoms with Gasteiger partial charge in [0.25, 0.3) is 0 Å². The highest BCUT2D eigenvalue weighted by molar-refractivity contribution is 5.86. The molecule has 2 heteroatoms. The van der Waals surface area contributed by atoms with E-state index in [1.165, 1.54) is 5.39 Å². The van der Waals surface area contributed by atoms with Crippen molar-refractivity contribution < 1.29 is 10.2 Å². The Hall–Kier alpha value is -1.54. The monoisotopic (exact) mass is 220 g/mol. The van der Waals surface area contributed by atoms with Gasteiger partial charge in [-0.2, -0.15) is 0 Å². The Morgan fingerprint density at radius 1 is 0.938 bits per heavy atom. The van der Waals surface area contributed by atoms with Crippen LogP contribution >= 0.6 is 0 Å². The summed E-state index contributed by atoms with van der Waals surface area (Å²) >= 11 is 0. The van der Waals surface area contributed by atoms with Crippen LogP contribution in [0.2, 0.25) is 0 Å². The molecule has 88 valence electrons. The predicted molar refractivity (Wildman–Crippen MR) is 69.8 cm³/mol. The van der Waals surface area contributed by atoms with E-state index < -0.39 is 0 Å². The number of aliphatic hydroxyl groups excluding tert-OH is 1. The van der Waals surface area contributed by atoms with Gasteiger partial charge in [0, 0.05) is 7.11 Å². The Bertz CT molecular complexity index is 422. The highest BCUT2D eigenvalue weighted by Gasteiger charge is 1.97. The summed E-state index contributed by atoms with van der Waals surface area (Å²) < 4.78 is 0. The van der Waals surface area contributed by atoms with Crippen LogP contribution in [0.15, 0.2) is 36.4 Å². The van der Waals surface area contributed by atoms with Gasteiger partial charge in [-0.1, -0.05) is 38.1 Å². The van der Waals surface area contributed by atoms with Crippen LogP contribution in [0.3, 0.4) is 0 Å². The molecule has 0 bridgehead atoms. The molecule has 0 spiro atoms. The molecule has 16 heavy (non-hydrogen) atoms. The number of hydrogen-bond acceptors (Lipinski definition) is 2. The second kappa shape index (κ2) is 7.71. The average Bonchev–Trinajstić information content (AvgIpc) is 2.34. The third-order valence-electron chi connectivity index (χ3n) is 2.05.